The molecular formula is C20H16ClN3O4S. The highest BCUT2D eigenvalue weighted by molar-refractivity contribution is 8.18. The van der Waals surface area contributed by atoms with E-state index in [1.54, 1.807) is 54.6 Å². The Kier molecular flexibility index (Phi) is 6.69. The van der Waals surface area contributed by atoms with Crippen molar-refractivity contribution in [3.8, 4) is 5.75 Å². The van der Waals surface area contributed by atoms with Gasteiger partial charge in [0, 0.05) is 17.6 Å². The maximum atomic E-state index is 12.0. The first-order valence-corrected chi connectivity index (χ1v) is 9.67. The molecule has 0 bridgehead atoms. The molecule has 0 aromatic heterocycles. The molecule has 7 nitrogen and oxygen atoms in total. The van der Waals surface area contributed by atoms with Gasteiger partial charge in [-0.3, -0.25) is 14.4 Å². The van der Waals surface area contributed by atoms with Crippen LogP contribution >= 0.6 is 23.4 Å². The zero-order chi connectivity index (χ0) is 20.8. The lowest BCUT2D eigenvalue weighted by Crippen LogP contribution is -2.23. The van der Waals surface area contributed by atoms with Gasteiger partial charge in [0.05, 0.1) is 4.91 Å². The Morgan fingerprint density at radius 2 is 1.93 bits per heavy atom. The smallest absolute Gasteiger partial charge is 0.286 e. The topological polar surface area (TPSA) is 96.9 Å². The number of carbonyl (C=O) groups excluding carboxylic acids is 3. The van der Waals surface area contributed by atoms with Crippen LogP contribution in [0.4, 0.5) is 5.69 Å². The van der Waals surface area contributed by atoms with Crippen molar-refractivity contribution in [3.05, 3.63) is 64.0 Å². The summed E-state index contributed by atoms with van der Waals surface area (Å²) in [6, 6.07) is 13.7. The molecule has 2 N–H and O–H groups in total. The zero-order valence-electron chi connectivity index (χ0n) is 15.3. The molecule has 148 valence electrons. The third-order valence-corrected chi connectivity index (χ3v) is 4.69. The van der Waals surface area contributed by atoms with Crippen LogP contribution in [0.1, 0.15) is 12.5 Å². The number of thioether (sulfide) groups is 1. The van der Waals surface area contributed by atoms with Crippen LogP contribution in [0.3, 0.4) is 0 Å². The molecule has 0 aliphatic carbocycles. The van der Waals surface area contributed by atoms with Gasteiger partial charge in [0.25, 0.3) is 11.8 Å². The third kappa shape index (κ3) is 6.20. The first kappa shape index (κ1) is 20.6. The van der Waals surface area contributed by atoms with Gasteiger partial charge in [-0.1, -0.05) is 29.8 Å². The number of amides is 3. The van der Waals surface area contributed by atoms with E-state index in [9.17, 15) is 14.4 Å². The fraction of sp³-hybridized carbons (Fsp3) is 0.100. The molecule has 1 aliphatic heterocycles. The van der Waals surface area contributed by atoms with Crippen molar-refractivity contribution < 1.29 is 19.1 Å². The largest absolute Gasteiger partial charge is 0.484 e. The van der Waals surface area contributed by atoms with Crippen molar-refractivity contribution >= 4 is 58.0 Å². The molecule has 0 fully saturated rings. The second-order valence-corrected chi connectivity index (χ2v) is 7.40. The Balaban J connectivity index is 1.53. The van der Waals surface area contributed by atoms with E-state index >= 15 is 0 Å². The number of halogens is 1. The summed E-state index contributed by atoms with van der Waals surface area (Å²) in [5, 5.41) is 5.98. The number of hydrogen-bond donors (Lipinski definition) is 2. The van der Waals surface area contributed by atoms with Gasteiger partial charge in [0.15, 0.2) is 11.8 Å². The Morgan fingerprint density at radius 3 is 2.62 bits per heavy atom. The molecule has 0 atom stereocenters. The molecule has 0 unspecified atom stereocenters. The highest BCUT2D eigenvalue weighted by Crippen LogP contribution is 2.28. The average Bonchev–Trinajstić information content (AvgIpc) is 2.99. The summed E-state index contributed by atoms with van der Waals surface area (Å²) < 4.78 is 5.47. The Bertz CT molecular complexity index is 1020. The first-order chi connectivity index (χ1) is 13.9. The fourth-order valence-electron chi connectivity index (χ4n) is 2.34. The van der Waals surface area contributed by atoms with Crippen molar-refractivity contribution in [1.29, 1.82) is 0 Å². The number of aliphatic imine (C=N–C) groups is 1. The molecule has 9 heteroatoms. The molecule has 0 spiro atoms. The third-order valence-electron chi connectivity index (χ3n) is 3.56. The summed E-state index contributed by atoms with van der Waals surface area (Å²) in [4.78, 5) is 39.1. The molecule has 1 heterocycles. The molecule has 0 radical (unpaired) electrons. The molecular weight excluding hydrogens is 414 g/mol. The van der Waals surface area contributed by atoms with Gasteiger partial charge in [-0.25, -0.2) is 0 Å². The fourth-order valence-corrected chi connectivity index (χ4v) is 3.39. The van der Waals surface area contributed by atoms with Crippen LogP contribution in [0.15, 0.2) is 58.4 Å². The summed E-state index contributed by atoms with van der Waals surface area (Å²) in [5.74, 6) is -0.494. The highest BCUT2D eigenvalue weighted by atomic mass is 35.5. The van der Waals surface area contributed by atoms with Gasteiger partial charge in [0.1, 0.15) is 5.75 Å². The van der Waals surface area contributed by atoms with Crippen LogP contribution in [0, 0.1) is 0 Å². The van der Waals surface area contributed by atoms with Crippen molar-refractivity contribution in [1.82, 2.24) is 5.32 Å². The predicted molar refractivity (Wildman–Crippen MR) is 114 cm³/mol. The number of nitrogens with zero attached hydrogens (tertiary/aromatic N) is 1. The lowest BCUT2D eigenvalue weighted by Gasteiger charge is -2.08. The minimum absolute atomic E-state index is 0.158. The van der Waals surface area contributed by atoms with Gasteiger partial charge in [-0.2, -0.15) is 4.99 Å². The molecule has 2 aromatic carbocycles. The van der Waals surface area contributed by atoms with Crippen LogP contribution < -0.4 is 15.4 Å². The normalized spacial score (nSPS) is 14.5. The SMILES string of the molecule is CC(=O)NC1=NC(=O)/C(=C/c2ccc(OCC(=O)Nc3cccc(Cl)c3)cc2)S1. The minimum atomic E-state index is -0.406. The van der Waals surface area contributed by atoms with E-state index in [0.29, 0.717) is 21.4 Å². The van der Waals surface area contributed by atoms with Crippen LogP contribution in [0.5, 0.6) is 5.75 Å². The van der Waals surface area contributed by atoms with Crippen LogP contribution in [-0.4, -0.2) is 29.5 Å². The Labute approximate surface area is 176 Å². The lowest BCUT2D eigenvalue weighted by molar-refractivity contribution is -0.118. The predicted octanol–water partition coefficient (Wildman–Crippen LogP) is 3.46. The van der Waals surface area contributed by atoms with Gasteiger partial charge in [-0.15, -0.1) is 0 Å². The van der Waals surface area contributed by atoms with E-state index in [1.165, 1.54) is 6.92 Å². The maximum Gasteiger partial charge on any atom is 0.286 e. The number of anilines is 1. The average molecular weight is 430 g/mol. The van der Waals surface area contributed by atoms with Gasteiger partial charge >= 0.3 is 0 Å². The number of amidine groups is 1. The first-order valence-electron chi connectivity index (χ1n) is 8.47. The number of carbonyl (C=O) groups is 3. The van der Waals surface area contributed by atoms with Crippen LogP contribution in [0.25, 0.3) is 6.08 Å². The van der Waals surface area contributed by atoms with Crippen molar-refractivity contribution in [2.75, 3.05) is 11.9 Å². The summed E-state index contributed by atoms with van der Waals surface area (Å²) in [7, 11) is 0. The van der Waals surface area contributed by atoms with Crippen molar-refractivity contribution in [3.63, 3.8) is 0 Å². The van der Waals surface area contributed by atoms with Gasteiger partial charge in [-0.05, 0) is 53.7 Å². The van der Waals surface area contributed by atoms with Crippen LogP contribution in [-0.2, 0) is 14.4 Å². The maximum absolute atomic E-state index is 12.0. The Morgan fingerprint density at radius 1 is 1.17 bits per heavy atom. The lowest BCUT2D eigenvalue weighted by atomic mass is 10.2. The molecule has 3 rings (SSSR count). The molecule has 29 heavy (non-hydrogen) atoms. The van der Waals surface area contributed by atoms with Crippen LogP contribution in [0.2, 0.25) is 5.02 Å². The summed E-state index contributed by atoms with van der Waals surface area (Å²) in [6.07, 6.45) is 1.67. The molecule has 2 aromatic rings. The van der Waals surface area contributed by atoms with Crippen molar-refractivity contribution in [2.24, 2.45) is 4.99 Å². The van der Waals surface area contributed by atoms with E-state index in [2.05, 4.69) is 15.6 Å². The highest BCUT2D eigenvalue weighted by Gasteiger charge is 2.22. The van der Waals surface area contributed by atoms with E-state index in [1.807, 2.05) is 0 Å². The molecule has 0 saturated heterocycles. The van der Waals surface area contributed by atoms with E-state index in [4.69, 9.17) is 16.3 Å². The standard InChI is InChI=1S/C20H16ClN3O4S/c1-12(25)22-20-24-19(27)17(29-20)9-13-5-7-16(8-6-13)28-11-18(26)23-15-4-2-3-14(21)10-15/h2-10H,11H2,1H3,(H,23,26)(H,22,24,25,27)/b17-9-. The minimum Gasteiger partial charge on any atom is -0.484 e. The number of hydrogen-bond acceptors (Lipinski definition) is 5. The zero-order valence-corrected chi connectivity index (χ0v) is 16.8. The summed E-state index contributed by atoms with van der Waals surface area (Å²) in [5.41, 5.74) is 1.35. The second-order valence-electron chi connectivity index (χ2n) is 5.93. The number of nitrogens with one attached hydrogen (secondary N) is 2. The molecule has 3 amide bonds. The summed E-state index contributed by atoms with van der Waals surface area (Å²) >= 11 is 6.98. The van der Waals surface area contributed by atoms with Gasteiger partial charge < -0.3 is 15.4 Å². The number of benzene rings is 2. The number of ether oxygens (including phenoxy) is 1. The second kappa shape index (κ2) is 9.40. The van der Waals surface area contributed by atoms with E-state index < -0.39 is 5.91 Å². The Hall–Kier alpha value is -3.10. The van der Waals surface area contributed by atoms with Gasteiger partial charge in [0.2, 0.25) is 5.91 Å². The monoisotopic (exact) mass is 429 g/mol. The number of rotatable bonds is 5. The molecule has 0 saturated carbocycles. The van der Waals surface area contributed by atoms with Crippen molar-refractivity contribution in [2.45, 2.75) is 6.92 Å². The quantitative estimate of drug-likeness (QED) is 0.709. The summed E-state index contributed by atoms with van der Waals surface area (Å²) in [6.45, 7) is 1.19. The van der Waals surface area contributed by atoms with E-state index in [-0.39, 0.29) is 23.6 Å². The van der Waals surface area contributed by atoms with E-state index in [0.717, 1.165) is 17.3 Å². The molecule has 1 aliphatic rings.